The molecule has 1 aliphatic heterocycles. The van der Waals surface area contributed by atoms with Crippen LogP contribution in [0.25, 0.3) is 11.0 Å². The topological polar surface area (TPSA) is 47.4 Å². The Morgan fingerprint density at radius 1 is 0.895 bits per heavy atom. The maximum atomic E-state index is 13.1. The van der Waals surface area contributed by atoms with E-state index in [1.54, 1.807) is 0 Å². The normalized spacial score (nSPS) is 15.5. The number of carbonyl (C=O) groups is 1. The van der Waals surface area contributed by atoms with Crippen molar-refractivity contribution in [2.75, 3.05) is 18.1 Å². The number of anilines is 1. The number of rotatable bonds is 12. The van der Waals surface area contributed by atoms with Gasteiger partial charge in [0.2, 0.25) is 5.91 Å². The van der Waals surface area contributed by atoms with E-state index in [9.17, 15) is 4.79 Å². The Morgan fingerprint density at radius 2 is 1.66 bits per heavy atom. The van der Waals surface area contributed by atoms with Gasteiger partial charge in [0.15, 0.2) is 0 Å². The number of aryl methyl sites for hydroxylation is 3. The number of nitrogens with zero attached hydrogens (tertiary/aromatic N) is 3. The molecule has 1 saturated heterocycles. The zero-order chi connectivity index (χ0) is 26.3. The Labute approximate surface area is 226 Å². The van der Waals surface area contributed by atoms with Gasteiger partial charge in [-0.15, -0.1) is 0 Å². The van der Waals surface area contributed by atoms with Crippen molar-refractivity contribution < 1.29 is 9.53 Å². The number of ether oxygens (including phenoxy) is 1. The molecule has 5 rings (SSSR count). The van der Waals surface area contributed by atoms with Crippen molar-refractivity contribution in [1.82, 2.24) is 9.55 Å². The minimum atomic E-state index is 0.0861. The summed E-state index contributed by atoms with van der Waals surface area (Å²) in [5.74, 6) is 2.22. The molecule has 38 heavy (non-hydrogen) atoms. The summed E-state index contributed by atoms with van der Waals surface area (Å²) < 4.78 is 8.31. The monoisotopic (exact) mass is 509 g/mol. The van der Waals surface area contributed by atoms with Crippen molar-refractivity contribution in [3.05, 3.63) is 89.7 Å². The number of hydrogen-bond donors (Lipinski definition) is 0. The molecule has 1 unspecified atom stereocenters. The van der Waals surface area contributed by atoms with Crippen molar-refractivity contribution in [3.63, 3.8) is 0 Å². The van der Waals surface area contributed by atoms with Gasteiger partial charge in [-0.25, -0.2) is 4.98 Å². The molecular formula is C33H39N3O2. The molecule has 0 saturated carbocycles. The van der Waals surface area contributed by atoms with Crippen LogP contribution in [0.4, 0.5) is 5.69 Å². The summed E-state index contributed by atoms with van der Waals surface area (Å²) >= 11 is 0. The Bertz CT molecular complexity index is 1340. The van der Waals surface area contributed by atoms with Crippen LogP contribution in [-0.4, -0.2) is 28.6 Å². The maximum absolute atomic E-state index is 13.1. The highest BCUT2D eigenvalue weighted by atomic mass is 16.5. The second-order valence-corrected chi connectivity index (χ2v) is 10.3. The van der Waals surface area contributed by atoms with Crippen molar-refractivity contribution in [1.29, 1.82) is 0 Å². The molecule has 5 heteroatoms. The number of imidazole rings is 1. The van der Waals surface area contributed by atoms with E-state index in [0.29, 0.717) is 19.6 Å². The fourth-order valence-corrected chi connectivity index (χ4v) is 5.38. The van der Waals surface area contributed by atoms with Gasteiger partial charge in [-0.2, -0.15) is 0 Å². The predicted molar refractivity (Wildman–Crippen MR) is 155 cm³/mol. The molecule has 1 amide bonds. The van der Waals surface area contributed by atoms with Gasteiger partial charge in [-0.05, 0) is 79.6 Å². The van der Waals surface area contributed by atoms with E-state index in [1.807, 2.05) is 11.0 Å². The Morgan fingerprint density at radius 3 is 2.42 bits per heavy atom. The zero-order valence-corrected chi connectivity index (χ0v) is 22.7. The molecule has 0 spiro atoms. The number of aromatic nitrogens is 2. The van der Waals surface area contributed by atoms with E-state index in [1.165, 1.54) is 24.0 Å². The average molecular weight is 510 g/mol. The van der Waals surface area contributed by atoms with E-state index in [4.69, 9.17) is 9.72 Å². The highest BCUT2D eigenvalue weighted by Crippen LogP contribution is 2.33. The molecule has 4 aromatic rings. The summed E-state index contributed by atoms with van der Waals surface area (Å²) in [4.78, 5) is 20.0. The number of para-hydroxylation sites is 2. The van der Waals surface area contributed by atoms with Gasteiger partial charge in [-0.1, -0.05) is 56.7 Å². The third-order valence-electron chi connectivity index (χ3n) is 7.62. The molecule has 0 aliphatic carbocycles. The minimum absolute atomic E-state index is 0.0861. The molecular weight excluding hydrogens is 470 g/mol. The van der Waals surface area contributed by atoms with Crippen LogP contribution >= 0.6 is 0 Å². The first-order chi connectivity index (χ1) is 18.7. The summed E-state index contributed by atoms with van der Waals surface area (Å²) in [7, 11) is 0. The Kier molecular flexibility index (Phi) is 8.42. The van der Waals surface area contributed by atoms with Gasteiger partial charge in [-0.3, -0.25) is 4.79 Å². The molecule has 1 aliphatic rings. The lowest BCUT2D eigenvalue weighted by atomic mass is 10.1. The van der Waals surface area contributed by atoms with Gasteiger partial charge in [0.05, 0.1) is 17.6 Å². The van der Waals surface area contributed by atoms with Crippen LogP contribution in [0.2, 0.25) is 0 Å². The number of unbranched alkanes of at least 4 members (excludes halogenated alkanes) is 2. The second-order valence-electron chi connectivity index (χ2n) is 10.3. The molecule has 1 fully saturated rings. The van der Waals surface area contributed by atoms with E-state index >= 15 is 0 Å². The van der Waals surface area contributed by atoms with E-state index in [0.717, 1.165) is 60.5 Å². The van der Waals surface area contributed by atoms with Crippen LogP contribution in [0.3, 0.4) is 0 Å². The first-order valence-electron chi connectivity index (χ1n) is 14.2. The lowest BCUT2D eigenvalue weighted by molar-refractivity contribution is -0.117. The fourth-order valence-electron chi connectivity index (χ4n) is 5.38. The van der Waals surface area contributed by atoms with Crippen molar-refractivity contribution >= 4 is 22.6 Å². The number of benzene rings is 3. The van der Waals surface area contributed by atoms with Crippen LogP contribution in [0.5, 0.6) is 5.75 Å². The Hall–Kier alpha value is -3.60. The smallest absolute Gasteiger partial charge is 0.227 e. The third-order valence-corrected chi connectivity index (χ3v) is 7.62. The minimum Gasteiger partial charge on any atom is -0.494 e. The lowest BCUT2D eigenvalue weighted by Crippen LogP contribution is -2.24. The summed E-state index contributed by atoms with van der Waals surface area (Å²) in [5, 5.41) is 0. The fraction of sp³-hybridized carbons (Fsp3) is 0.394. The van der Waals surface area contributed by atoms with Crippen LogP contribution in [0.15, 0.2) is 72.8 Å². The van der Waals surface area contributed by atoms with Crippen LogP contribution in [-0.2, 0) is 24.2 Å². The van der Waals surface area contributed by atoms with Gasteiger partial charge in [0.25, 0.3) is 0 Å². The molecule has 0 N–H and O–H groups in total. The van der Waals surface area contributed by atoms with E-state index < -0.39 is 0 Å². The van der Waals surface area contributed by atoms with E-state index in [-0.39, 0.29) is 11.8 Å². The van der Waals surface area contributed by atoms with Gasteiger partial charge < -0.3 is 14.2 Å². The molecule has 3 aromatic carbocycles. The first-order valence-corrected chi connectivity index (χ1v) is 14.2. The SMILES string of the molecule is CCCCc1ccc(N2CC(c3nc4ccccc4n3CCCCOc3ccc(CC)cc3)CC2=O)cc1. The van der Waals surface area contributed by atoms with Gasteiger partial charge >= 0.3 is 0 Å². The summed E-state index contributed by atoms with van der Waals surface area (Å²) in [6.07, 6.45) is 6.96. The van der Waals surface area contributed by atoms with Crippen LogP contribution in [0.1, 0.15) is 68.8 Å². The van der Waals surface area contributed by atoms with Crippen molar-refractivity contribution in [2.24, 2.45) is 0 Å². The largest absolute Gasteiger partial charge is 0.494 e. The Balaban J connectivity index is 1.24. The van der Waals surface area contributed by atoms with Crippen molar-refractivity contribution in [2.45, 2.75) is 71.3 Å². The molecule has 2 heterocycles. The van der Waals surface area contributed by atoms with Crippen LogP contribution < -0.4 is 9.64 Å². The predicted octanol–water partition coefficient (Wildman–Crippen LogP) is 7.32. The number of amides is 1. The second kappa shape index (κ2) is 12.3. The zero-order valence-electron chi connectivity index (χ0n) is 22.7. The van der Waals surface area contributed by atoms with Gasteiger partial charge in [0.1, 0.15) is 11.6 Å². The maximum Gasteiger partial charge on any atom is 0.227 e. The van der Waals surface area contributed by atoms with Crippen molar-refractivity contribution in [3.8, 4) is 5.75 Å². The number of fused-ring (bicyclic) bond motifs is 1. The molecule has 198 valence electrons. The molecule has 1 aromatic heterocycles. The summed E-state index contributed by atoms with van der Waals surface area (Å²) in [6, 6.07) is 25.2. The summed E-state index contributed by atoms with van der Waals surface area (Å²) in [6.45, 7) is 6.61. The van der Waals surface area contributed by atoms with Gasteiger partial charge in [0, 0.05) is 31.1 Å². The highest BCUT2D eigenvalue weighted by molar-refractivity contribution is 5.96. The van der Waals surface area contributed by atoms with E-state index in [2.05, 4.69) is 85.1 Å². The molecule has 1 atom stereocenters. The molecule has 0 radical (unpaired) electrons. The van der Waals surface area contributed by atoms with Crippen LogP contribution in [0, 0.1) is 0 Å². The molecule has 0 bridgehead atoms. The average Bonchev–Trinajstić information content (AvgIpc) is 3.52. The standard InChI is InChI=1S/C33H39N3O2/c1-3-5-10-26-13-17-28(18-14-26)36-24-27(23-32(36)37)33-34-30-11-6-7-12-31(30)35(33)21-8-9-22-38-29-19-15-25(4-2)16-20-29/h6-7,11-20,27H,3-5,8-10,21-24H2,1-2H3. The lowest BCUT2D eigenvalue weighted by Gasteiger charge is -2.18. The first kappa shape index (κ1) is 26.0. The quantitative estimate of drug-likeness (QED) is 0.188. The highest BCUT2D eigenvalue weighted by Gasteiger charge is 2.34. The number of hydrogen-bond acceptors (Lipinski definition) is 3. The number of carbonyl (C=O) groups excluding carboxylic acids is 1. The molecule has 5 nitrogen and oxygen atoms in total. The third kappa shape index (κ3) is 5.93. The summed E-state index contributed by atoms with van der Waals surface area (Å²) in [5.41, 5.74) is 5.79.